The largest absolute Gasteiger partial charge is 0.255 e. The van der Waals surface area contributed by atoms with E-state index in [9.17, 15) is 0 Å². The molecule has 0 radical (unpaired) electrons. The van der Waals surface area contributed by atoms with Gasteiger partial charge in [-0.05, 0) is 24.8 Å². The molecule has 1 heteroatoms. The Morgan fingerprint density at radius 3 is 2.44 bits per heavy atom. The summed E-state index contributed by atoms with van der Waals surface area (Å²) in [7, 11) is 0. The van der Waals surface area contributed by atoms with Crippen molar-refractivity contribution in [3.05, 3.63) is 65.9 Å². The van der Waals surface area contributed by atoms with Crippen LogP contribution in [0.15, 0.2) is 54.7 Å². The van der Waals surface area contributed by atoms with Gasteiger partial charge in [-0.3, -0.25) is 4.98 Å². The summed E-state index contributed by atoms with van der Waals surface area (Å²) in [6.07, 6.45) is 1.96. The van der Waals surface area contributed by atoms with E-state index in [1.807, 2.05) is 12.3 Å². The number of pyridine rings is 1. The molecule has 1 nitrogen and oxygen atoms in total. The Balaban J connectivity index is 2.29. The summed E-state index contributed by atoms with van der Waals surface area (Å²) < 4.78 is 0. The average molecular weight is 233 g/mol. The number of benzene rings is 2. The highest BCUT2D eigenvalue weighted by Gasteiger charge is 2.06. The van der Waals surface area contributed by atoms with Crippen molar-refractivity contribution in [2.75, 3.05) is 0 Å². The molecule has 0 bridgehead atoms. The van der Waals surface area contributed by atoms with Crippen LogP contribution in [0, 0.1) is 13.8 Å². The fourth-order valence-corrected chi connectivity index (χ4v) is 2.35. The van der Waals surface area contributed by atoms with Gasteiger partial charge in [-0.25, -0.2) is 0 Å². The third kappa shape index (κ3) is 1.78. The lowest BCUT2D eigenvalue weighted by atomic mass is 10.00. The van der Waals surface area contributed by atoms with Crippen molar-refractivity contribution in [1.29, 1.82) is 0 Å². The number of nitrogens with zero attached hydrogens (tertiary/aromatic N) is 1. The summed E-state index contributed by atoms with van der Waals surface area (Å²) in [4.78, 5) is 4.61. The average Bonchev–Trinajstić information content (AvgIpc) is 2.41. The standard InChI is InChI=1S/C17H15N/c1-12-8-9-15-11-18-17(13(2)16(15)10-12)14-6-4-3-5-7-14/h3-11H,1-2H3. The Morgan fingerprint density at radius 2 is 1.67 bits per heavy atom. The van der Waals surface area contributed by atoms with Crippen molar-refractivity contribution in [1.82, 2.24) is 4.98 Å². The molecule has 88 valence electrons. The van der Waals surface area contributed by atoms with E-state index in [0.717, 1.165) is 5.69 Å². The van der Waals surface area contributed by atoms with Crippen molar-refractivity contribution < 1.29 is 0 Å². The molecule has 3 rings (SSSR count). The second kappa shape index (κ2) is 4.26. The van der Waals surface area contributed by atoms with Gasteiger partial charge in [0.2, 0.25) is 0 Å². The predicted octanol–water partition coefficient (Wildman–Crippen LogP) is 4.52. The van der Waals surface area contributed by atoms with Gasteiger partial charge in [0.25, 0.3) is 0 Å². The van der Waals surface area contributed by atoms with Gasteiger partial charge in [0.15, 0.2) is 0 Å². The first kappa shape index (κ1) is 11.0. The minimum absolute atomic E-state index is 1.08. The SMILES string of the molecule is Cc1ccc2cnc(-c3ccccc3)c(C)c2c1. The van der Waals surface area contributed by atoms with Gasteiger partial charge < -0.3 is 0 Å². The highest BCUT2D eigenvalue weighted by Crippen LogP contribution is 2.27. The summed E-state index contributed by atoms with van der Waals surface area (Å²) in [5.41, 5.74) is 4.80. The van der Waals surface area contributed by atoms with Gasteiger partial charge in [0, 0.05) is 17.1 Å². The fourth-order valence-electron chi connectivity index (χ4n) is 2.35. The lowest BCUT2D eigenvalue weighted by Gasteiger charge is -2.09. The monoisotopic (exact) mass is 233 g/mol. The number of hydrogen-bond donors (Lipinski definition) is 0. The zero-order valence-corrected chi connectivity index (χ0v) is 10.6. The zero-order valence-electron chi connectivity index (χ0n) is 10.6. The number of hydrogen-bond acceptors (Lipinski definition) is 1. The minimum Gasteiger partial charge on any atom is -0.255 e. The molecule has 0 aliphatic carbocycles. The Bertz CT molecular complexity index is 699. The van der Waals surface area contributed by atoms with Crippen molar-refractivity contribution in [2.24, 2.45) is 0 Å². The molecule has 0 aliphatic rings. The second-order valence-electron chi connectivity index (χ2n) is 4.69. The van der Waals surface area contributed by atoms with E-state index < -0.39 is 0 Å². The van der Waals surface area contributed by atoms with Crippen LogP contribution in [0.5, 0.6) is 0 Å². The summed E-state index contributed by atoms with van der Waals surface area (Å²) in [5, 5.41) is 2.50. The number of fused-ring (bicyclic) bond motifs is 1. The van der Waals surface area contributed by atoms with Crippen LogP contribution in [-0.2, 0) is 0 Å². The van der Waals surface area contributed by atoms with Gasteiger partial charge >= 0.3 is 0 Å². The highest BCUT2D eigenvalue weighted by atomic mass is 14.7. The van der Waals surface area contributed by atoms with Gasteiger partial charge in [0.05, 0.1) is 5.69 Å². The molecular formula is C17H15N. The maximum Gasteiger partial charge on any atom is 0.0737 e. The number of aryl methyl sites for hydroxylation is 2. The Morgan fingerprint density at radius 1 is 0.889 bits per heavy atom. The number of rotatable bonds is 1. The van der Waals surface area contributed by atoms with Crippen LogP contribution in [0.25, 0.3) is 22.0 Å². The predicted molar refractivity (Wildman–Crippen MR) is 76.7 cm³/mol. The van der Waals surface area contributed by atoms with Gasteiger partial charge in [-0.15, -0.1) is 0 Å². The first-order valence-electron chi connectivity index (χ1n) is 6.17. The molecule has 1 heterocycles. The summed E-state index contributed by atoms with van der Waals surface area (Å²) in [5.74, 6) is 0. The maximum atomic E-state index is 4.61. The molecule has 0 saturated carbocycles. The molecule has 0 amide bonds. The summed E-state index contributed by atoms with van der Waals surface area (Å²) in [6.45, 7) is 4.28. The first-order chi connectivity index (χ1) is 8.75. The number of aromatic nitrogens is 1. The van der Waals surface area contributed by atoms with E-state index in [1.54, 1.807) is 0 Å². The Hall–Kier alpha value is -2.15. The molecular weight excluding hydrogens is 218 g/mol. The molecule has 0 N–H and O–H groups in total. The van der Waals surface area contributed by atoms with Crippen molar-refractivity contribution in [3.8, 4) is 11.3 Å². The third-order valence-corrected chi connectivity index (χ3v) is 3.35. The summed E-state index contributed by atoms with van der Waals surface area (Å²) in [6, 6.07) is 16.9. The molecule has 0 aliphatic heterocycles. The van der Waals surface area contributed by atoms with Crippen molar-refractivity contribution in [3.63, 3.8) is 0 Å². The molecule has 0 fully saturated rings. The van der Waals surface area contributed by atoms with Crippen LogP contribution in [0.1, 0.15) is 11.1 Å². The maximum absolute atomic E-state index is 4.61. The smallest absolute Gasteiger partial charge is 0.0737 e. The lowest BCUT2D eigenvalue weighted by molar-refractivity contribution is 1.30. The summed E-state index contributed by atoms with van der Waals surface area (Å²) >= 11 is 0. The van der Waals surface area contributed by atoms with Crippen LogP contribution in [0.3, 0.4) is 0 Å². The Kier molecular flexibility index (Phi) is 2.60. The van der Waals surface area contributed by atoms with Crippen LogP contribution in [0.2, 0.25) is 0 Å². The van der Waals surface area contributed by atoms with Gasteiger partial charge in [0.1, 0.15) is 0 Å². The van der Waals surface area contributed by atoms with E-state index in [2.05, 4.69) is 61.3 Å². The van der Waals surface area contributed by atoms with E-state index >= 15 is 0 Å². The molecule has 0 saturated heterocycles. The second-order valence-corrected chi connectivity index (χ2v) is 4.69. The minimum atomic E-state index is 1.08. The molecule has 18 heavy (non-hydrogen) atoms. The van der Waals surface area contributed by atoms with E-state index in [-0.39, 0.29) is 0 Å². The molecule has 2 aromatic carbocycles. The lowest BCUT2D eigenvalue weighted by Crippen LogP contribution is -1.90. The van der Waals surface area contributed by atoms with Crippen molar-refractivity contribution in [2.45, 2.75) is 13.8 Å². The topological polar surface area (TPSA) is 12.9 Å². The van der Waals surface area contributed by atoms with Crippen LogP contribution in [-0.4, -0.2) is 4.98 Å². The molecule has 0 spiro atoms. The normalized spacial score (nSPS) is 10.8. The van der Waals surface area contributed by atoms with Crippen LogP contribution in [0.4, 0.5) is 0 Å². The van der Waals surface area contributed by atoms with Gasteiger partial charge in [-0.1, -0.05) is 54.1 Å². The quantitative estimate of drug-likeness (QED) is 0.602. The van der Waals surface area contributed by atoms with Crippen LogP contribution < -0.4 is 0 Å². The van der Waals surface area contributed by atoms with Gasteiger partial charge in [-0.2, -0.15) is 0 Å². The van der Waals surface area contributed by atoms with Crippen molar-refractivity contribution >= 4 is 10.8 Å². The third-order valence-electron chi connectivity index (χ3n) is 3.35. The zero-order chi connectivity index (χ0) is 12.5. The Labute approximate surface area is 107 Å². The first-order valence-corrected chi connectivity index (χ1v) is 6.17. The molecule has 1 aromatic heterocycles. The highest BCUT2D eigenvalue weighted by molar-refractivity contribution is 5.89. The molecule has 3 aromatic rings. The van der Waals surface area contributed by atoms with E-state index in [4.69, 9.17) is 0 Å². The molecule has 0 unspecified atom stereocenters. The molecule has 0 atom stereocenters. The van der Waals surface area contributed by atoms with Crippen LogP contribution >= 0.6 is 0 Å². The fraction of sp³-hybridized carbons (Fsp3) is 0.118. The van der Waals surface area contributed by atoms with E-state index in [0.29, 0.717) is 0 Å². The van der Waals surface area contributed by atoms with E-state index in [1.165, 1.54) is 27.5 Å².